The number of aromatic nitrogens is 1. The van der Waals surface area contributed by atoms with E-state index in [0.717, 1.165) is 31.0 Å². The molecule has 1 aromatic heterocycles. The maximum Gasteiger partial charge on any atom is 0.256 e. The van der Waals surface area contributed by atoms with E-state index in [2.05, 4.69) is 34.4 Å². The fourth-order valence-corrected chi connectivity index (χ4v) is 3.68. The number of hydrogen-bond acceptors (Lipinski definition) is 3. The van der Waals surface area contributed by atoms with Gasteiger partial charge in [0.25, 0.3) is 11.8 Å². The zero-order chi connectivity index (χ0) is 21.1. The lowest BCUT2D eigenvalue weighted by molar-refractivity contribution is -0.110. The molecule has 154 valence electrons. The van der Waals surface area contributed by atoms with Gasteiger partial charge in [-0.25, -0.2) is 4.39 Å². The number of anilines is 1. The molecule has 0 unspecified atom stereocenters. The number of likely N-dealkylation sites (N-methyl/N-ethyl adjacent to an activating group) is 1. The van der Waals surface area contributed by atoms with Gasteiger partial charge in [-0.05, 0) is 51.2 Å². The van der Waals surface area contributed by atoms with Crippen LogP contribution in [0, 0.1) is 19.7 Å². The lowest BCUT2D eigenvalue weighted by atomic mass is 10.0. The third-order valence-corrected chi connectivity index (χ3v) is 5.31. The molecule has 0 radical (unpaired) electrons. The van der Waals surface area contributed by atoms with Gasteiger partial charge in [-0.15, -0.1) is 0 Å². The minimum atomic E-state index is -0.414. The Morgan fingerprint density at radius 1 is 1.21 bits per heavy atom. The Kier molecular flexibility index (Phi) is 6.17. The van der Waals surface area contributed by atoms with Gasteiger partial charge in [0.1, 0.15) is 5.82 Å². The van der Waals surface area contributed by atoms with Crippen molar-refractivity contribution in [1.29, 1.82) is 0 Å². The van der Waals surface area contributed by atoms with Crippen LogP contribution in [0.4, 0.5) is 10.1 Å². The molecule has 7 heteroatoms. The Labute approximate surface area is 170 Å². The van der Waals surface area contributed by atoms with Crippen molar-refractivity contribution in [2.24, 2.45) is 0 Å². The van der Waals surface area contributed by atoms with E-state index in [1.807, 2.05) is 13.8 Å². The van der Waals surface area contributed by atoms with Crippen LogP contribution in [-0.4, -0.2) is 47.9 Å². The minimum Gasteiger partial charge on any atom is -0.362 e. The summed E-state index contributed by atoms with van der Waals surface area (Å²) in [5, 5.41) is 5.71. The number of benzene rings is 1. The average Bonchev–Trinajstić information content (AvgIpc) is 3.14. The highest BCUT2D eigenvalue weighted by Gasteiger charge is 2.26. The van der Waals surface area contributed by atoms with Crippen molar-refractivity contribution in [3.63, 3.8) is 0 Å². The molecule has 0 saturated carbocycles. The molecule has 1 aliphatic heterocycles. The van der Waals surface area contributed by atoms with Crippen LogP contribution in [0.15, 0.2) is 18.2 Å². The van der Waals surface area contributed by atoms with Crippen molar-refractivity contribution >= 4 is 29.2 Å². The van der Waals surface area contributed by atoms with E-state index in [0.29, 0.717) is 34.5 Å². The average molecular weight is 398 g/mol. The van der Waals surface area contributed by atoms with Crippen LogP contribution in [0.2, 0.25) is 0 Å². The van der Waals surface area contributed by atoms with E-state index in [-0.39, 0.29) is 11.8 Å². The fourth-order valence-electron chi connectivity index (χ4n) is 3.68. The highest BCUT2D eigenvalue weighted by Crippen LogP contribution is 2.35. The molecular weight excluding hydrogens is 371 g/mol. The number of carbonyl (C=O) groups excluding carboxylic acids is 2. The molecule has 1 aromatic carbocycles. The van der Waals surface area contributed by atoms with Crippen molar-refractivity contribution in [1.82, 2.24) is 15.2 Å². The summed E-state index contributed by atoms with van der Waals surface area (Å²) in [5.74, 6) is -0.914. The van der Waals surface area contributed by atoms with E-state index < -0.39 is 5.82 Å². The molecule has 29 heavy (non-hydrogen) atoms. The first-order valence-corrected chi connectivity index (χ1v) is 9.88. The second-order valence-electron chi connectivity index (χ2n) is 7.15. The van der Waals surface area contributed by atoms with Gasteiger partial charge < -0.3 is 20.5 Å². The Bertz CT molecular complexity index is 973. The van der Waals surface area contributed by atoms with Gasteiger partial charge in [0.15, 0.2) is 0 Å². The molecule has 3 N–H and O–H groups in total. The van der Waals surface area contributed by atoms with E-state index in [4.69, 9.17) is 0 Å². The Morgan fingerprint density at radius 2 is 1.93 bits per heavy atom. The number of halogens is 1. The number of nitrogens with zero attached hydrogens (tertiary/aromatic N) is 1. The molecule has 0 fully saturated rings. The van der Waals surface area contributed by atoms with Gasteiger partial charge in [0.2, 0.25) is 0 Å². The Morgan fingerprint density at radius 3 is 2.62 bits per heavy atom. The van der Waals surface area contributed by atoms with E-state index in [9.17, 15) is 14.0 Å². The predicted octanol–water partition coefficient (Wildman–Crippen LogP) is 3.33. The first kappa shape index (κ1) is 20.8. The lowest BCUT2D eigenvalue weighted by Gasteiger charge is -2.18. The fraction of sp³-hybridized carbons (Fsp3) is 0.364. The first-order valence-electron chi connectivity index (χ1n) is 9.88. The van der Waals surface area contributed by atoms with Gasteiger partial charge in [0, 0.05) is 46.9 Å². The number of nitrogens with one attached hydrogen (secondary N) is 3. The smallest absolute Gasteiger partial charge is 0.256 e. The van der Waals surface area contributed by atoms with Crippen LogP contribution in [0.25, 0.3) is 11.6 Å². The standard InChI is InChI=1S/C22H27FN4O2/c1-5-27(6-2)10-9-24-22(29)20-14(4)25-13(3)16(20)12-18-17-11-15(23)7-8-19(17)26-21(18)28/h7-8,11-12,25H,5-6,9-10H2,1-4H3,(H,24,29)(H,26,28)/b18-12-. The second-order valence-corrected chi connectivity index (χ2v) is 7.15. The van der Waals surface area contributed by atoms with Crippen molar-refractivity contribution in [2.45, 2.75) is 27.7 Å². The molecule has 0 spiro atoms. The monoisotopic (exact) mass is 398 g/mol. The summed E-state index contributed by atoms with van der Waals surface area (Å²) in [6, 6.07) is 4.18. The van der Waals surface area contributed by atoms with E-state index >= 15 is 0 Å². The van der Waals surface area contributed by atoms with Crippen molar-refractivity contribution in [3.05, 3.63) is 52.1 Å². The van der Waals surface area contributed by atoms with Crippen LogP contribution in [0.3, 0.4) is 0 Å². The zero-order valence-electron chi connectivity index (χ0n) is 17.3. The third kappa shape index (κ3) is 4.24. The molecule has 2 amide bonds. The number of hydrogen-bond donors (Lipinski definition) is 3. The first-order chi connectivity index (χ1) is 13.8. The van der Waals surface area contributed by atoms with Crippen LogP contribution >= 0.6 is 0 Å². The van der Waals surface area contributed by atoms with Crippen LogP contribution < -0.4 is 10.6 Å². The number of amides is 2. The molecule has 0 saturated heterocycles. The van der Waals surface area contributed by atoms with Crippen LogP contribution in [0.5, 0.6) is 0 Å². The van der Waals surface area contributed by atoms with Gasteiger partial charge in [-0.3, -0.25) is 9.59 Å². The van der Waals surface area contributed by atoms with Crippen molar-refractivity contribution < 1.29 is 14.0 Å². The second kappa shape index (κ2) is 8.61. The van der Waals surface area contributed by atoms with Crippen molar-refractivity contribution in [2.75, 3.05) is 31.5 Å². The summed E-state index contributed by atoms with van der Waals surface area (Å²) in [6.07, 6.45) is 1.67. The number of carbonyl (C=O) groups is 2. The molecule has 0 aliphatic carbocycles. The number of rotatable bonds is 7. The van der Waals surface area contributed by atoms with Crippen LogP contribution in [0.1, 0.15) is 46.7 Å². The van der Waals surface area contributed by atoms with Crippen molar-refractivity contribution in [3.8, 4) is 0 Å². The quantitative estimate of drug-likeness (QED) is 0.626. The molecular formula is C22H27FN4O2. The summed E-state index contributed by atoms with van der Waals surface area (Å²) in [7, 11) is 0. The Balaban J connectivity index is 1.90. The van der Waals surface area contributed by atoms with Gasteiger partial charge in [-0.2, -0.15) is 0 Å². The lowest BCUT2D eigenvalue weighted by Crippen LogP contribution is -2.35. The van der Waals surface area contributed by atoms with Gasteiger partial charge in [0.05, 0.1) is 5.56 Å². The van der Waals surface area contributed by atoms with Gasteiger partial charge >= 0.3 is 0 Å². The maximum atomic E-state index is 13.7. The molecule has 6 nitrogen and oxygen atoms in total. The summed E-state index contributed by atoms with van der Waals surface area (Å²) in [6.45, 7) is 11.0. The zero-order valence-corrected chi connectivity index (χ0v) is 17.3. The molecule has 3 rings (SSSR count). The topological polar surface area (TPSA) is 77.2 Å². The van der Waals surface area contributed by atoms with Crippen LogP contribution in [-0.2, 0) is 4.79 Å². The number of H-pyrrole nitrogens is 1. The SMILES string of the molecule is CCN(CC)CCNC(=O)c1c(C)[nH]c(C)c1/C=C1\C(=O)Nc2ccc(F)cc21. The molecule has 2 aromatic rings. The highest BCUT2D eigenvalue weighted by atomic mass is 19.1. The molecule has 1 aliphatic rings. The molecule has 0 bridgehead atoms. The molecule has 0 atom stereocenters. The highest BCUT2D eigenvalue weighted by molar-refractivity contribution is 6.35. The predicted molar refractivity (Wildman–Crippen MR) is 113 cm³/mol. The summed E-state index contributed by atoms with van der Waals surface area (Å²) < 4.78 is 13.7. The van der Waals surface area contributed by atoms with E-state index in [1.165, 1.54) is 12.1 Å². The normalized spacial score (nSPS) is 14.4. The molecule has 2 heterocycles. The largest absolute Gasteiger partial charge is 0.362 e. The summed E-state index contributed by atoms with van der Waals surface area (Å²) >= 11 is 0. The Hall–Kier alpha value is -2.93. The number of aryl methyl sites for hydroxylation is 2. The summed E-state index contributed by atoms with van der Waals surface area (Å²) in [4.78, 5) is 30.7. The minimum absolute atomic E-state index is 0.191. The number of fused-ring (bicyclic) bond motifs is 1. The number of aromatic amines is 1. The van der Waals surface area contributed by atoms with Gasteiger partial charge in [-0.1, -0.05) is 13.8 Å². The summed E-state index contributed by atoms with van der Waals surface area (Å²) in [5.41, 5.74) is 4.07. The maximum absolute atomic E-state index is 13.7. The third-order valence-electron chi connectivity index (χ3n) is 5.31. The van der Waals surface area contributed by atoms with E-state index in [1.54, 1.807) is 12.1 Å².